The van der Waals surface area contributed by atoms with Gasteiger partial charge in [0.1, 0.15) is 29.8 Å². The quantitative estimate of drug-likeness (QED) is 0.612. The number of rotatable bonds is 8. The van der Waals surface area contributed by atoms with E-state index < -0.39 is 23.3 Å². The number of carbonyl (C=O) groups is 2. The minimum Gasteiger partial charge on any atom is -0.497 e. The highest BCUT2D eigenvalue weighted by Gasteiger charge is 2.41. The highest BCUT2D eigenvalue weighted by Crippen LogP contribution is 2.33. The summed E-state index contributed by atoms with van der Waals surface area (Å²) in [6.07, 6.45) is 3.11. The van der Waals surface area contributed by atoms with E-state index in [2.05, 4.69) is 0 Å². The van der Waals surface area contributed by atoms with Gasteiger partial charge in [-0.15, -0.1) is 0 Å². The van der Waals surface area contributed by atoms with Gasteiger partial charge in [-0.1, -0.05) is 12.2 Å². The molecule has 1 aromatic rings. The lowest BCUT2D eigenvalue weighted by atomic mass is 9.97. The molecule has 2 atom stereocenters. The van der Waals surface area contributed by atoms with Crippen LogP contribution in [0.25, 0.3) is 6.08 Å². The van der Waals surface area contributed by atoms with Crippen molar-refractivity contribution in [3.05, 3.63) is 29.3 Å². The Hall–Kier alpha value is -2.58. The maximum atomic E-state index is 12.1. The third kappa shape index (κ3) is 6.45. The monoisotopic (exact) mass is 436 g/mol. The molecule has 8 nitrogen and oxygen atoms in total. The summed E-state index contributed by atoms with van der Waals surface area (Å²) in [4.78, 5) is 23.8. The summed E-state index contributed by atoms with van der Waals surface area (Å²) >= 11 is 0. The minimum absolute atomic E-state index is 0.0409. The van der Waals surface area contributed by atoms with E-state index >= 15 is 0 Å². The fraction of sp³-hybridized carbons (Fsp3) is 0.565. The Bertz CT molecular complexity index is 835. The van der Waals surface area contributed by atoms with E-state index in [-0.39, 0.29) is 30.0 Å². The van der Waals surface area contributed by atoms with Gasteiger partial charge in [0.25, 0.3) is 0 Å². The molecule has 1 heterocycles. The molecular weight excluding hydrogens is 404 g/mol. The summed E-state index contributed by atoms with van der Waals surface area (Å²) in [5.74, 6) is -1.55. The first kappa shape index (κ1) is 24.7. The third-order valence-corrected chi connectivity index (χ3v) is 4.72. The van der Waals surface area contributed by atoms with Gasteiger partial charge in [0.2, 0.25) is 0 Å². The Balaban J connectivity index is 2.18. The van der Waals surface area contributed by atoms with Crippen LogP contribution in [0, 0.1) is 5.41 Å². The van der Waals surface area contributed by atoms with Crippen LogP contribution in [0.15, 0.2) is 18.2 Å². The van der Waals surface area contributed by atoms with Crippen molar-refractivity contribution < 1.29 is 38.4 Å². The lowest BCUT2D eigenvalue weighted by molar-refractivity contribution is -0.165. The number of methoxy groups -OCH3 is 2. The Morgan fingerprint density at radius 2 is 1.77 bits per heavy atom. The molecule has 31 heavy (non-hydrogen) atoms. The first-order valence-corrected chi connectivity index (χ1v) is 10.1. The van der Waals surface area contributed by atoms with Gasteiger partial charge in [0.05, 0.1) is 25.7 Å². The van der Waals surface area contributed by atoms with E-state index in [0.29, 0.717) is 17.7 Å². The van der Waals surface area contributed by atoms with E-state index in [0.717, 1.165) is 0 Å². The van der Waals surface area contributed by atoms with E-state index in [1.165, 1.54) is 20.3 Å². The van der Waals surface area contributed by atoms with Crippen molar-refractivity contribution in [1.29, 1.82) is 0 Å². The van der Waals surface area contributed by atoms with Crippen LogP contribution in [-0.2, 0) is 19.0 Å². The van der Waals surface area contributed by atoms with Crippen LogP contribution >= 0.6 is 0 Å². The molecule has 1 aliphatic rings. The van der Waals surface area contributed by atoms with Gasteiger partial charge in [-0.25, -0.2) is 4.79 Å². The lowest BCUT2D eigenvalue weighted by Crippen LogP contribution is -2.32. The summed E-state index contributed by atoms with van der Waals surface area (Å²) in [6, 6.07) is 3.15. The Labute approximate surface area is 183 Å². The van der Waals surface area contributed by atoms with Crippen LogP contribution in [0.1, 0.15) is 57.0 Å². The van der Waals surface area contributed by atoms with E-state index in [1.807, 2.05) is 0 Å². The van der Waals surface area contributed by atoms with Crippen molar-refractivity contribution in [2.45, 2.75) is 59.0 Å². The van der Waals surface area contributed by atoms with E-state index in [1.54, 1.807) is 52.8 Å². The van der Waals surface area contributed by atoms with Gasteiger partial charge in [0.15, 0.2) is 5.79 Å². The Morgan fingerprint density at radius 3 is 2.32 bits per heavy atom. The zero-order valence-corrected chi connectivity index (χ0v) is 19.2. The van der Waals surface area contributed by atoms with E-state index in [4.69, 9.17) is 23.7 Å². The number of carboxylic acids is 1. The molecule has 172 valence electrons. The normalized spacial score (nSPS) is 20.6. The van der Waals surface area contributed by atoms with Crippen molar-refractivity contribution in [3.63, 3.8) is 0 Å². The SMILES string of the molecule is COc1cc(/C=C/C[C@@H]2OC(C)(C)O[C@@H]2COC(=O)C(C)(C)C)c(C(=O)O)c(OC)c1. The predicted molar refractivity (Wildman–Crippen MR) is 114 cm³/mol. The summed E-state index contributed by atoms with van der Waals surface area (Å²) in [5.41, 5.74) is -0.125. The maximum absolute atomic E-state index is 12.1. The largest absolute Gasteiger partial charge is 0.497 e. The average molecular weight is 437 g/mol. The number of hydrogen-bond acceptors (Lipinski definition) is 7. The number of benzene rings is 1. The number of hydrogen-bond donors (Lipinski definition) is 1. The third-order valence-electron chi connectivity index (χ3n) is 4.72. The molecule has 1 saturated heterocycles. The fourth-order valence-corrected chi connectivity index (χ4v) is 3.20. The van der Waals surface area contributed by atoms with Crippen LogP contribution in [0.4, 0.5) is 0 Å². The first-order valence-electron chi connectivity index (χ1n) is 10.1. The molecule has 0 saturated carbocycles. The topological polar surface area (TPSA) is 101 Å². The molecule has 8 heteroatoms. The zero-order chi connectivity index (χ0) is 23.4. The van der Waals surface area contributed by atoms with Crippen molar-refractivity contribution >= 4 is 18.0 Å². The molecule has 2 rings (SSSR count). The molecule has 0 aliphatic carbocycles. The zero-order valence-electron chi connectivity index (χ0n) is 19.2. The molecule has 0 spiro atoms. The minimum atomic E-state index is -1.10. The Kier molecular flexibility index (Phi) is 7.72. The molecule has 1 aromatic carbocycles. The maximum Gasteiger partial charge on any atom is 0.340 e. The summed E-state index contributed by atoms with van der Waals surface area (Å²) in [7, 11) is 2.90. The van der Waals surface area contributed by atoms with Gasteiger partial charge in [-0.05, 0) is 52.7 Å². The van der Waals surface area contributed by atoms with Crippen LogP contribution in [0.5, 0.6) is 11.5 Å². The van der Waals surface area contributed by atoms with Crippen LogP contribution < -0.4 is 9.47 Å². The number of aromatic carboxylic acids is 1. The van der Waals surface area contributed by atoms with Gasteiger partial charge in [-0.3, -0.25) is 4.79 Å². The lowest BCUT2D eigenvalue weighted by Gasteiger charge is -2.20. The number of esters is 1. The first-order chi connectivity index (χ1) is 14.4. The second-order valence-electron chi connectivity index (χ2n) is 8.80. The molecule has 0 radical (unpaired) electrons. The van der Waals surface area contributed by atoms with Crippen molar-refractivity contribution in [3.8, 4) is 11.5 Å². The van der Waals surface area contributed by atoms with Crippen LogP contribution in [-0.4, -0.2) is 55.9 Å². The smallest absolute Gasteiger partial charge is 0.340 e. The van der Waals surface area contributed by atoms with Crippen LogP contribution in [0.3, 0.4) is 0 Å². The van der Waals surface area contributed by atoms with Gasteiger partial charge >= 0.3 is 11.9 Å². The molecule has 0 unspecified atom stereocenters. The van der Waals surface area contributed by atoms with Gasteiger partial charge < -0.3 is 28.8 Å². The van der Waals surface area contributed by atoms with Crippen LogP contribution in [0.2, 0.25) is 0 Å². The molecule has 0 bridgehead atoms. The number of ether oxygens (including phenoxy) is 5. The standard InChI is InChI=1S/C23H32O8/c1-22(2,3)21(26)29-13-18-16(30-23(4,5)31-18)10-8-9-14-11-15(27-6)12-17(28-7)19(14)20(24)25/h8-9,11-12,16,18H,10,13H2,1-7H3,(H,24,25)/b9-8+/t16-,18+/m0/s1. The highest BCUT2D eigenvalue weighted by molar-refractivity contribution is 5.95. The van der Waals surface area contributed by atoms with Crippen molar-refractivity contribution in [2.75, 3.05) is 20.8 Å². The highest BCUT2D eigenvalue weighted by atomic mass is 16.8. The fourth-order valence-electron chi connectivity index (χ4n) is 3.20. The molecule has 1 fully saturated rings. The Morgan fingerprint density at radius 1 is 1.13 bits per heavy atom. The average Bonchev–Trinajstić information content (AvgIpc) is 2.97. The second-order valence-corrected chi connectivity index (χ2v) is 8.80. The number of carboxylic acid groups (broad SMARTS) is 1. The summed E-state index contributed by atoms with van der Waals surface area (Å²) in [5, 5.41) is 9.60. The molecule has 1 N–H and O–H groups in total. The summed E-state index contributed by atoms with van der Waals surface area (Å²) in [6.45, 7) is 9.02. The van der Waals surface area contributed by atoms with Gasteiger partial charge in [0, 0.05) is 6.07 Å². The number of carbonyl (C=O) groups excluding carboxylic acids is 1. The molecule has 0 amide bonds. The predicted octanol–water partition coefficient (Wildman–Crippen LogP) is 3.91. The molecule has 0 aromatic heterocycles. The second kappa shape index (κ2) is 9.70. The molecular formula is C23H32O8. The van der Waals surface area contributed by atoms with Crippen molar-refractivity contribution in [1.82, 2.24) is 0 Å². The van der Waals surface area contributed by atoms with Gasteiger partial charge in [-0.2, -0.15) is 0 Å². The molecule has 1 aliphatic heterocycles. The van der Waals surface area contributed by atoms with Crippen molar-refractivity contribution in [2.24, 2.45) is 5.41 Å². The van der Waals surface area contributed by atoms with E-state index in [9.17, 15) is 14.7 Å². The summed E-state index contributed by atoms with van der Waals surface area (Å²) < 4.78 is 27.7.